The molecule has 0 aromatic rings. The first-order valence-electron chi connectivity index (χ1n) is 10.7. The molecule has 8 atom stereocenters. The van der Waals surface area contributed by atoms with E-state index >= 15 is 0 Å². The Morgan fingerprint density at radius 1 is 1.29 bits per heavy atom. The summed E-state index contributed by atoms with van der Waals surface area (Å²) in [5.74, 6) is 1.10. The average Bonchev–Trinajstić information content (AvgIpc) is 2.95. The number of aliphatic carboxylic acids is 1. The van der Waals surface area contributed by atoms with Gasteiger partial charge in [-0.25, -0.2) is 0 Å². The minimum Gasteiger partial charge on any atom is -0.480 e. The Morgan fingerprint density at radius 3 is 2.75 bits per heavy atom. The van der Waals surface area contributed by atoms with E-state index in [-0.39, 0.29) is 28.0 Å². The van der Waals surface area contributed by atoms with Crippen molar-refractivity contribution < 1.29 is 19.8 Å². The maximum atomic E-state index is 12.1. The SMILES string of the molecule is C[C@]12CC[C@H]3[C@@H]([C@H](SC[C@H](N)C(=O)O)CC4=CC(=O)CC[C@@]43C)[C@@H]1CC[C@@H]2O. The molecule has 0 amide bonds. The highest BCUT2D eigenvalue weighted by atomic mass is 32.2. The van der Waals surface area contributed by atoms with Gasteiger partial charge in [0.15, 0.2) is 5.78 Å². The summed E-state index contributed by atoms with van der Waals surface area (Å²) in [7, 11) is 0. The third kappa shape index (κ3) is 3.07. The van der Waals surface area contributed by atoms with Gasteiger partial charge in [0.25, 0.3) is 0 Å². The van der Waals surface area contributed by atoms with Crippen molar-refractivity contribution in [3.63, 3.8) is 0 Å². The fourth-order valence-corrected chi connectivity index (χ4v) is 8.44. The van der Waals surface area contributed by atoms with E-state index in [0.717, 1.165) is 38.5 Å². The molecule has 0 aromatic carbocycles. The fourth-order valence-electron chi connectivity index (χ4n) is 6.94. The van der Waals surface area contributed by atoms with Gasteiger partial charge in [0.05, 0.1) is 6.10 Å². The molecule has 0 bridgehead atoms. The van der Waals surface area contributed by atoms with E-state index in [9.17, 15) is 19.8 Å². The fraction of sp³-hybridized carbons (Fsp3) is 0.818. The minimum atomic E-state index is -0.957. The molecule has 0 heterocycles. The smallest absolute Gasteiger partial charge is 0.321 e. The van der Waals surface area contributed by atoms with Crippen LogP contribution in [0.5, 0.6) is 0 Å². The first-order valence-corrected chi connectivity index (χ1v) is 11.7. The zero-order valence-electron chi connectivity index (χ0n) is 16.9. The summed E-state index contributed by atoms with van der Waals surface area (Å²) >= 11 is 1.68. The molecule has 0 unspecified atom stereocenters. The molecule has 3 saturated carbocycles. The van der Waals surface area contributed by atoms with E-state index in [1.54, 1.807) is 11.8 Å². The largest absolute Gasteiger partial charge is 0.480 e. The Hall–Kier alpha value is -0.850. The van der Waals surface area contributed by atoms with Gasteiger partial charge in [0.2, 0.25) is 0 Å². The lowest BCUT2D eigenvalue weighted by atomic mass is 9.47. The summed E-state index contributed by atoms with van der Waals surface area (Å²) in [5.41, 5.74) is 7.12. The molecular formula is C22H33NO4S. The first-order chi connectivity index (χ1) is 13.2. The lowest BCUT2D eigenvalue weighted by Crippen LogP contribution is -2.55. The van der Waals surface area contributed by atoms with Gasteiger partial charge in [-0.05, 0) is 73.2 Å². The molecule has 4 aliphatic carbocycles. The van der Waals surface area contributed by atoms with E-state index < -0.39 is 12.0 Å². The van der Waals surface area contributed by atoms with Crippen LogP contribution in [0.3, 0.4) is 0 Å². The molecule has 28 heavy (non-hydrogen) atoms. The zero-order valence-corrected chi connectivity index (χ0v) is 17.7. The summed E-state index contributed by atoms with van der Waals surface area (Å²) in [6.07, 6.45) is 8.12. The molecule has 0 radical (unpaired) electrons. The van der Waals surface area contributed by atoms with Crippen LogP contribution in [0.2, 0.25) is 0 Å². The normalized spacial score (nSPS) is 46.2. The van der Waals surface area contributed by atoms with E-state index in [0.29, 0.717) is 29.9 Å². The Balaban J connectivity index is 1.68. The van der Waals surface area contributed by atoms with Crippen LogP contribution in [0, 0.1) is 28.6 Å². The molecule has 4 rings (SSSR count). The Morgan fingerprint density at radius 2 is 2.04 bits per heavy atom. The standard InChI is InChI=1S/C22H33NO4S/c1-21-7-5-13(24)9-12(21)10-17(28-11-16(23)20(26)27)19-14-3-4-18(25)22(14,2)8-6-15(19)21/h9,14-19,25H,3-8,10-11,23H2,1-2H3,(H,26,27)/t14-,15-,16-,17+,18-,19-,21-,22-/m0/s1. The van der Waals surface area contributed by atoms with Crippen LogP contribution in [0.1, 0.15) is 58.8 Å². The van der Waals surface area contributed by atoms with Gasteiger partial charge in [0, 0.05) is 17.4 Å². The minimum absolute atomic E-state index is 0.0308. The van der Waals surface area contributed by atoms with Gasteiger partial charge in [-0.1, -0.05) is 19.4 Å². The number of hydrogen-bond donors (Lipinski definition) is 3. The second-order valence-electron chi connectivity index (χ2n) is 10.0. The topological polar surface area (TPSA) is 101 Å². The quantitative estimate of drug-likeness (QED) is 0.662. The van der Waals surface area contributed by atoms with Crippen LogP contribution in [0.4, 0.5) is 0 Å². The monoisotopic (exact) mass is 407 g/mol. The number of carbonyl (C=O) groups is 2. The Kier molecular flexibility index (Phi) is 5.20. The average molecular weight is 408 g/mol. The van der Waals surface area contributed by atoms with Crippen LogP contribution >= 0.6 is 11.8 Å². The number of rotatable bonds is 4. The van der Waals surface area contributed by atoms with Crippen molar-refractivity contribution in [1.82, 2.24) is 0 Å². The van der Waals surface area contributed by atoms with Gasteiger partial charge in [0.1, 0.15) is 6.04 Å². The second-order valence-corrected chi connectivity index (χ2v) is 11.3. The number of thioether (sulfide) groups is 1. The second kappa shape index (κ2) is 7.13. The maximum Gasteiger partial charge on any atom is 0.321 e. The van der Waals surface area contributed by atoms with Crippen molar-refractivity contribution in [1.29, 1.82) is 0 Å². The van der Waals surface area contributed by atoms with Gasteiger partial charge < -0.3 is 15.9 Å². The van der Waals surface area contributed by atoms with Crippen LogP contribution in [-0.4, -0.2) is 45.1 Å². The number of aliphatic hydroxyl groups is 1. The number of ketones is 1. The third-order valence-electron chi connectivity index (χ3n) is 8.72. The van der Waals surface area contributed by atoms with E-state index in [2.05, 4.69) is 13.8 Å². The molecule has 0 aromatic heterocycles. The molecule has 0 saturated heterocycles. The van der Waals surface area contributed by atoms with Crippen molar-refractivity contribution in [3.8, 4) is 0 Å². The lowest BCUT2D eigenvalue weighted by molar-refractivity contribution is -0.137. The zero-order chi connectivity index (χ0) is 20.3. The van der Waals surface area contributed by atoms with Crippen LogP contribution < -0.4 is 5.73 Å². The van der Waals surface area contributed by atoms with Crippen molar-refractivity contribution in [2.75, 3.05) is 5.75 Å². The molecular weight excluding hydrogens is 374 g/mol. The highest BCUT2D eigenvalue weighted by Gasteiger charge is 2.61. The highest BCUT2D eigenvalue weighted by molar-refractivity contribution is 8.00. The van der Waals surface area contributed by atoms with Gasteiger partial charge >= 0.3 is 5.97 Å². The highest BCUT2D eigenvalue weighted by Crippen LogP contribution is 2.66. The number of aliphatic hydroxyl groups excluding tert-OH is 1. The molecule has 3 fully saturated rings. The number of carbonyl (C=O) groups excluding carboxylic acids is 1. The number of allylic oxidation sites excluding steroid dienone is 1. The number of carboxylic acid groups (broad SMARTS) is 1. The van der Waals surface area contributed by atoms with Crippen molar-refractivity contribution in [3.05, 3.63) is 11.6 Å². The van der Waals surface area contributed by atoms with Crippen molar-refractivity contribution in [2.24, 2.45) is 34.3 Å². The van der Waals surface area contributed by atoms with Crippen LogP contribution in [-0.2, 0) is 9.59 Å². The maximum absolute atomic E-state index is 12.1. The van der Waals surface area contributed by atoms with Crippen molar-refractivity contribution >= 4 is 23.5 Å². The number of nitrogens with two attached hydrogens (primary N) is 1. The Bertz CT molecular complexity index is 709. The lowest BCUT2D eigenvalue weighted by Gasteiger charge is -2.60. The number of hydrogen-bond acceptors (Lipinski definition) is 5. The Labute approximate surface area is 171 Å². The molecule has 156 valence electrons. The molecule has 5 nitrogen and oxygen atoms in total. The first kappa shape index (κ1) is 20.4. The van der Waals surface area contributed by atoms with Crippen LogP contribution in [0.25, 0.3) is 0 Å². The van der Waals surface area contributed by atoms with Gasteiger partial charge in [-0.3, -0.25) is 9.59 Å². The predicted molar refractivity (Wildman–Crippen MR) is 110 cm³/mol. The summed E-state index contributed by atoms with van der Waals surface area (Å²) < 4.78 is 0. The van der Waals surface area contributed by atoms with Gasteiger partial charge in [-0.2, -0.15) is 11.8 Å². The summed E-state index contributed by atoms with van der Waals surface area (Å²) in [6.45, 7) is 4.61. The molecule has 0 aliphatic heterocycles. The van der Waals surface area contributed by atoms with E-state index in [1.807, 2.05) is 6.08 Å². The summed E-state index contributed by atoms with van der Waals surface area (Å²) in [4.78, 5) is 23.4. The predicted octanol–water partition coefficient (Wildman–Crippen LogP) is 3.00. The molecule has 0 spiro atoms. The molecule has 4 aliphatic rings. The number of fused-ring (bicyclic) bond motifs is 5. The van der Waals surface area contributed by atoms with E-state index in [4.69, 9.17) is 5.73 Å². The summed E-state index contributed by atoms with van der Waals surface area (Å²) in [6, 6.07) is -0.858. The molecule has 6 heteroatoms. The third-order valence-corrected chi connectivity index (χ3v) is 10.2. The van der Waals surface area contributed by atoms with Gasteiger partial charge in [-0.15, -0.1) is 0 Å². The number of carboxylic acids is 1. The molecule has 4 N–H and O–H groups in total. The summed E-state index contributed by atoms with van der Waals surface area (Å²) in [5, 5.41) is 20.2. The van der Waals surface area contributed by atoms with E-state index in [1.165, 1.54) is 5.57 Å². The van der Waals surface area contributed by atoms with Crippen LogP contribution in [0.15, 0.2) is 11.6 Å². The van der Waals surface area contributed by atoms with Crippen molar-refractivity contribution in [2.45, 2.75) is 76.2 Å².